The molecule has 154 valence electrons. The molecule has 0 atom stereocenters. The standard InChI is InChI=1S/C24H23FN2O3/c1-15(2)23(28)26-20-9-5-16(6-10-20)22-13-18-14-27(12-11-21(18)30-22)24(29)17-3-7-19(25)8-4-17/h3-10,13,15H,11-12,14H2,1-2H3,(H,26,28). The predicted molar refractivity (Wildman–Crippen MR) is 112 cm³/mol. The van der Waals surface area contributed by atoms with Crippen LogP contribution < -0.4 is 5.32 Å². The van der Waals surface area contributed by atoms with E-state index < -0.39 is 0 Å². The van der Waals surface area contributed by atoms with Crippen LogP contribution in [0.2, 0.25) is 0 Å². The molecule has 1 N–H and O–H groups in total. The molecule has 0 bridgehead atoms. The van der Waals surface area contributed by atoms with E-state index >= 15 is 0 Å². The number of anilines is 1. The first-order valence-corrected chi connectivity index (χ1v) is 9.98. The molecule has 0 radical (unpaired) electrons. The van der Waals surface area contributed by atoms with Crippen molar-refractivity contribution >= 4 is 17.5 Å². The number of hydrogen-bond donors (Lipinski definition) is 1. The summed E-state index contributed by atoms with van der Waals surface area (Å²) in [6.45, 7) is 4.70. The molecule has 0 saturated carbocycles. The Bertz CT molecular complexity index is 1070. The van der Waals surface area contributed by atoms with Crippen LogP contribution in [0.5, 0.6) is 0 Å². The first-order valence-electron chi connectivity index (χ1n) is 9.98. The fourth-order valence-corrected chi connectivity index (χ4v) is 3.43. The number of nitrogens with zero attached hydrogens (tertiary/aromatic N) is 1. The van der Waals surface area contributed by atoms with Gasteiger partial charge in [0.15, 0.2) is 0 Å². The second-order valence-electron chi connectivity index (χ2n) is 7.76. The van der Waals surface area contributed by atoms with Crippen LogP contribution in [-0.4, -0.2) is 23.3 Å². The summed E-state index contributed by atoms with van der Waals surface area (Å²) in [6, 6.07) is 15.1. The number of carbonyl (C=O) groups excluding carboxylic acids is 2. The Labute approximate surface area is 174 Å². The van der Waals surface area contributed by atoms with Gasteiger partial charge < -0.3 is 14.6 Å². The van der Waals surface area contributed by atoms with Crippen molar-refractivity contribution in [2.45, 2.75) is 26.8 Å². The van der Waals surface area contributed by atoms with Crippen LogP contribution in [-0.2, 0) is 17.8 Å². The summed E-state index contributed by atoms with van der Waals surface area (Å²) in [7, 11) is 0. The van der Waals surface area contributed by atoms with E-state index in [4.69, 9.17) is 4.42 Å². The van der Waals surface area contributed by atoms with E-state index in [2.05, 4.69) is 5.32 Å². The third kappa shape index (κ3) is 4.13. The molecule has 0 unspecified atom stereocenters. The minimum absolute atomic E-state index is 0.0258. The van der Waals surface area contributed by atoms with Crippen LogP contribution in [0.1, 0.15) is 35.5 Å². The number of hydrogen-bond acceptors (Lipinski definition) is 3. The van der Waals surface area contributed by atoms with Crippen LogP contribution >= 0.6 is 0 Å². The highest BCUT2D eigenvalue weighted by Crippen LogP contribution is 2.30. The molecule has 1 aromatic heterocycles. The zero-order valence-electron chi connectivity index (χ0n) is 16.9. The van der Waals surface area contributed by atoms with Gasteiger partial charge in [-0.3, -0.25) is 9.59 Å². The van der Waals surface area contributed by atoms with Gasteiger partial charge in [0.1, 0.15) is 17.3 Å². The third-order valence-corrected chi connectivity index (χ3v) is 5.21. The summed E-state index contributed by atoms with van der Waals surface area (Å²) < 4.78 is 19.1. The Hall–Kier alpha value is -3.41. The van der Waals surface area contributed by atoms with Gasteiger partial charge in [-0.1, -0.05) is 13.8 Å². The molecule has 2 aromatic carbocycles. The van der Waals surface area contributed by atoms with Gasteiger partial charge >= 0.3 is 0 Å². The van der Waals surface area contributed by atoms with Crippen molar-refractivity contribution in [1.29, 1.82) is 0 Å². The van der Waals surface area contributed by atoms with E-state index in [1.54, 1.807) is 4.90 Å². The largest absolute Gasteiger partial charge is 0.461 e. The second kappa shape index (κ2) is 8.14. The van der Waals surface area contributed by atoms with E-state index in [0.29, 0.717) is 25.1 Å². The number of amides is 2. The minimum Gasteiger partial charge on any atom is -0.461 e. The molecule has 3 aromatic rings. The molecule has 0 fully saturated rings. The number of furan rings is 1. The number of nitrogens with one attached hydrogen (secondary N) is 1. The molecule has 4 rings (SSSR count). The summed E-state index contributed by atoms with van der Waals surface area (Å²) in [5.74, 6) is 1.03. The molecule has 0 aliphatic carbocycles. The Morgan fingerprint density at radius 3 is 2.43 bits per heavy atom. The van der Waals surface area contributed by atoms with E-state index in [1.165, 1.54) is 24.3 Å². The predicted octanol–water partition coefficient (Wildman–Crippen LogP) is 4.88. The lowest BCUT2D eigenvalue weighted by molar-refractivity contribution is -0.118. The fraction of sp³-hybridized carbons (Fsp3) is 0.250. The van der Waals surface area contributed by atoms with Crippen LogP contribution in [0, 0.1) is 11.7 Å². The smallest absolute Gasteiger partial charge is 0.254 e. The quantitative estimate of drug-likeness (QED) is 0.672. The fourth-order valence-electron chi connectivity index (χ4n) is 3.43. The highest BCUT2D eigenvalue weighted by Gasteiger charge is 2.25. The van der Waals surface area contributed by atoms with Gasteiger partial charge in [0.05, 0.1) is 0 Å². The van der Waals surface area contributed by atoms with E-state index in [1.807, 2.05) is 44.2 Å². The van der Waals surface area contributed by atoms with Crippen molar-refractivity contribution in [3.63, 3.8) is 0 Å². The molecule has 1 aliphatic heterocycles. The number of rotatable bonds is 4. The molecular weight excluding hydrogens is 383 g/mol. The van der Waals surface area contributed by atoms with E-state index in [0.717, 1.165) is 28.3 Å². The molecule has 0 spiro atoms. The first kappa shape index (κ1) is 19.9. The summed E-state index contributed by atoms with van der Waals surface area (Å²) in [5, 5.41) is 2.87. The lowest BCUT2D eigenvalue weighted by Crippen LogP contribution is -2.35. The van der Waals surface area contributed by atoms with Crippen molar-refractivity contribution in [2.75, 3.05) is 11.9 Å². The third-order valence-electron chi connectivity index (χ3n) is 5.21. The van der Waals surface area contributed by atoms with Crippen molar-refractivity contribution in [3.05, 3.63) is 77.3 Å². The molecule has 0 saturated heterocycles. The Kier molecular flexibility index (Phi) is 5.40. The van der Waals surface area contributed by atoms with Crippen molar-refractivity contribution in [3.8, 4) is 11.3 Å². The van der Waals surface area contributed by atoms with Gasteiger partial charge in [-0.15, -0.1) is 0 Å². The van der Waals surface area contributed by atoms with Crippen molar-refractivity contribution in [1.82, 2.24) is 4.90 Å². The Morgan fingerprint density at radius 1 is 1.07 bits per heavy atom. The van der Waals surface area contributed by atoms with Gasteiger partial charge in [-0.05, 0) is 54.6 Å². The van der Waals surface area contributed by atoms with Crippen LogP contribution in [0.25, 0.3) is 11.3 Å². The van der Waals surface area contributed by atoms with E-state index in [9.17, 15) is 14.0 Å². The minimum atomic E-state index is -0.359. The first-order chi connectivity index (χ1) is 14.4. The highest BCUT2D eigenvalue weighted by molar-refractivity contribution is 5.94. The lowest BCUT2D eigenvalue weighted by atomic mass is 10.1. The highest BCUT2D eigenvalue weighted by atomic mass is 19.1. The molecule has 1 aliphatic rings. The summed E-state index contributed by atoms with van der Waals surface area (Å²) in [6.07, 6.45) is 0.630. The number of halogens is 1. The molecule has 5 nitrogen and oxygen atoms in total. The molecule has 6 heteroatoms. The molecule has 2 amide bonds. The van der Waals surface area contributed by atoms with Gasteiger partial charge in [0.2, 0.25) is 5.91 Å². The van der Waals surface area contributed by atoms with Crippen molar-refractivity contribution in [2.24, 2.45) is 5.92 Å². The average molecular weight is 406 g/mol. The maximum atomic E-state index is 13.1. The summed E-state index contributed by atoms with van der Waals surface area (Å²) >= 11 is 0. The number of carbonyl (C=O) groups is 2. The maximum Gasteiger partial charge on any atom is 0.254 e. The Morgan fingerprint density at radius 2 is 1.77 bits per heavy atom. The lowest BCUT2D eigenvalue weighted by Gasteiger charge is -2.26. The molecule has 30 heavy (non-hydrogen) atoms. The number of benzene rings is 2. The molecule has 2 heterocycles. The topological polar surface area (TPSA) is 62.6 Å². The monoisotopic (exact) mass is 406 g/mol. The average Bonchev–Trinajstić information content (AvgIpc) is 3.17. The van der Waals surface area contributed by atoms with E-state index in [-0.39, 0.29) is 23.5 Å². The second-order valence-corrected chi connectivity index (χ2v) is 7.76. The summed E-state index contributed by atoms with van der Waals surface area (Å²) in [5.41, 5.74) is 3.10. The summed E-state index contributed by atoms with van der Waals surface area (Å²) in [4.78, 5) is 26.3. The zero-order valence-corrected chi connectivity index (χ0v) is 16.9. The van der Waals surface area contributed by atoms with Gasteiger partial charge in [-0.2, -0.15) is 0 Å². The van der Waals surface area contributed by atoms with Gasteiger partial charge in [-0.25, -0.2) is 4.39 Å². The zero-order chi connectivity index (χ0) is 21.3. The van der Waals surface area contributed by atoms with Crippen LogP contribution in [0.4, 0.5) is 10.1 Å². The van der Waals surface area contributed by atoms with Gasteiger partial charge in [0, 0.05) is 47.8 Å². The molecular formula is C24H23FN2O3. The SMILES string of the molecule is CC(C)C(=O)Nc1ccc(-c2cc3c(o2)CCN(C(=O)c2ccc(F)cc2)C3)cc1. The maximum absolute atomic E-state index is 13.1. The Balaban J connectivity index is 1.48. The van der Waals surface area contributed by atoms with Crippen LogP contribution in [0.3, 0.4) is 0 Å². The van der Waals surface area contributed by atoms with Crippen molar-refractivity contribution < 1.29 is 18.4 Å². The number of fused-ring (bicyclic) bond motifs is 1. The van der Waals surface area contributed by atoms with Crippen LogP contribution in [0.15, 0.2) is 59.0 Å². The van der Waals surface area contributed by atoms with Gasteiger partial charge in [0.25, 0.3) is 5.91 Å². The normalized spacial score (nSPS) is 13.3.